The Hall–Kier alpha value is -0.430. The summed E-state index contributed by atoms with van der Waals surface area (Å²) in [4.78, 5) is 1.41. The average molecular weight is 236 g/mol. The molecule has 0 aliphatic carbocycles. The fourth-order valence-corrected chi connectivity index (χ4v) is 2.67. The lowest BCUT2D eigenvalue weighted by Gasteiger charge is -2.19. The third-order valence-corrected chi connectivity index (χ3v) is 3.69. The Morgan fingerprint density at radius 3 is 2.44 bits per heavy atom. The fourth-order valence-electron chi connectivity index (χ4n) is 1.46. The summed E-state index contributed by atoms with van der Waals surface area (Å²) in [6.07, 6.45) is 1.30. The smallest absolute Gasteiger partial charge is 0.00748 e. The number of rotatable bonds is 4. The Morgan fingerprint density at radius 2 is 1.88 bits per heavy atom. The summed E-state index contributed by atoms with van der Waals surface area (Å²) in [5.41, 5.74) is 1.69. The molecule has 0 spiro atoms. The van der Waals surface area contributed by atoms with Gasteiger partial charge in [0, 0.05) is 4.90 Å². The van der Waals surface area contributed by atoms with E-state index in [1.165, 1.54) is 22.6 Å². The summed E-state index contributed by atoms with van der Waals surface area (Å²) >= 11 is 1.98. The van der Waals surface area contributed by atoms with Crippen molar-refractivity contribution >= 4 is 11.8 Å². The minimum absolute atomic E-state index is 0.259. The van der Waals surface area contributed by atoms with E-state index in [0.717, 1.165) is 5.92 Å². The van der Waals surface area contributed by atoms with Crippen LogP contribution in [0.15, 0.2) is 29.2 Å². The Morgan fingerprint density at radius 1 is 1.19 bits per heavy atom. The molecule has 0 unspecified atom stereocenters. The van der Waals surface area contributed by atoms with Gasteiger partial charge in [-0.15, -0.1) is 11.8 Å². The predicted octanol–water partition coefficient (Wildman–Crippen LogP) is 5.12. The molecule has 1 rings (SSSR count). The highest BCUT2D eigenvalue weighted by Gasteiger charge is 2.13. The number of hydrogen-bond acceptors (Lipinski definition) is 1. The second-order valence-electron chi connectivity index (χ2n) is 5.81. The van der Waals surface area contributed by atoms with Crippen molar-refractivity contribution < 1.29 is 0 Å². The molecule has 0 fully saturated rings. The van der Waals surface area contributed by atoms with Crippen molar-refractivity contribution in [3.05, 3.63) is 29.8 Å². The van der Waals surface area contributed by atoms with Crippen LogP contribution in [0.4, 0.5) is 0 Å². The van der Waals surface area contributed by atoms with Crippen LogP contribution in [0.2, 0.25) is 0 Å². The molecule has 0 amide bonds. The Balaban J connectivity index is 2.61. The third kappa shape index (κ3) is 4.61. The molecule has 0 heterocycles. The van der Waals surface area contributed by atoms with Gasteiger partial charge in [-0.2, -0.15) is 0 Å². The lowest BCUT2D eigenvalue weighted by molar-refractivity contribution is 0.588. The summed E-state index contributed by atoms with van der Waals surface area (Å²) in [5.74, 6) is 2.03. The molecule has 0 radical (unpaired) electrons. The SMILES string of the molecule is CC(C)CCSc1cccc(C(C)(C)C)c1. The van der Waals surface area contributed by atoms with Crippen LogP contribution < -0.4 is 0 Å². The molecule has 0 atom stereocenters. The summed E-state index contributed by atoms with van der Waals surface area (Å²) in [6, 6.07) is 8.97. The molecule has 90 valence electrons. The van der Waals surface area contributed by atoms with Gasteiger partial charge in [0.2, 0.25) is 0 Å². The van der Waals surface area contributed by atoms with E-state index in [1.54, 1.807) is 0 Å². The molecule has 1 aromatic carbocycles. The average Bonchev–Trinajstić information content (AvgIpc) is 2.16. The summed E-state index contributed by atoms with van der Waals surface area (Å²) in [7, 11) is 0. The molecular formula is C15H24S. The van der Waals surface area contributed by atoms with Gasteiger partial charge in [0.05, 0.1) is 0 Å². The first-order chi connectivity index (χ1) is 7.39. The van der Waals surface area contributed by atoms with Gasteiger partial charge in [0.15, 0.2) is 0 Å². The lowest BCUT2D eigenvalue weighted by atomic mass is 9.87. The fraction of sp³-hybridized carbons (Fsp3) is 0.600. The normalized spacial score (nSPS) is 12.1. The zero-order valence-electron chi connectivity index (χ0n) is 11.2. The molecule has 0 aromatic heterocycles. The first kappa shape index (κ1) is 13.6. The van der Waals surface area contributed by atoms with Gasteiger partial charge >= 0.3 is 0 Å². The quantitative estimate of drug-likeness (QED) is 0.654. The van der Waals surface area contributed by atoms with E-state index in [2.05, 4.69) is 58.9 Å². The summed E-state index contributed by atoms with van der Waals surface area (Å²) < 4.78 is 0. The zero-order chi connectivity index (χ0) is 12.2. The maximum Gasteiger partial charge on any atom is 0.00748 e. The van der Waals surface area contributed by atoms with Gasteiger partial charge in [-0.05, 0) is 41.2 Å². The van der Waals surface area contributed by atoms with Crippen LogP contribution in [-0.4, -0.2) is 5.75 Å². The molecule has 0 N–H and O–H groups in total. The molecule has 16 heavy (non-hydrogen) atoms. The van der Waals surface area contributed by atoms with Gasteiger partial charge in [0.25, 0.3) is 0 Å². The first-order valence-corrected chi connectivity index (χ1v) is 7.11. The number of thioether (sulfide) groups is 1. The number of benzene rings is 1. The molecule has 0 nitrogen and oxygen atoms in total. The summed E-state index contributed by atoms with van der Waals surface area (Å²) in [6.45, 7) is 11.4. The van der Waals surface area contributed by atoms with E-state index in [9.17, 15) is 0 Å². The van der Waals surface area contributed by atoms with Crippen molar-refractivity contribution in [2.75, 3.05) is 5.75 Å². The van der Waals surface area contributed by atoms with E-state index in [4.69, 9.17) is 0 Å². The van der Waals surface area contributed by atoms with Crippen LogP contribution in [0.1, 0.15) is 46.6 Å². The summed E-state index contributed by atoms with van der Waals surface area (Å²) in [5, 5.41) is 0. The van der Waals surface area contributed by atoms with Crippen LogP contribution in [0, 0.1) is 5.92 Å². The van der Waals surface area contributed by atoms with Gasteiger partial charge in [-0.25, -0.2) is 0 Å². The Bertz CT molecular complexity index is 320. The molecule has 1 heteroatoms. The third-order valence-electron chi connectivity index (χ3n) is 2.66. The van der Waals surface area contributed by atoms with Crippen molar-refractivity contribution in [2.45, 2.75) is 51.3 Å². The molecule has 0 saturated heterocycles. The van der Waals surface area contributed by atoms with E-state index in [1.807, 2.05) is 11.8 Å². The monoisotopic (exact) mass is 236 g/mol. The van der Waals surface area contributed by atoms with Crippen LogP contribution >= 0.6 is 11.8 Å². The van der Waals surface area contributed by atoms with Crippen LogP contribution in [-0.2, 0) is 5.41 Å². The lowest BCUT2D eigenvalue weighted by Crippen LogP contribution is -2.10. The second-order valence-corrected chi connectivity index (χ2v) is 6.98. The Labute approximate surface area is 105 Å². The Kier molecular flexibility index (Phi) is 4.91. The zero-order valence-corrected chi connectivity index (χ0v) is 12.0. The molecule has 0 bridgehead atoms. The van der Waals surface area contributed by atoms with Crippen LogP contribution in [0.3, 0.4) is 0 Å². The topological polar surface area (TPSA) is 0 Å². The maximum absolute atomic E-state index is 2.34. The highest BCUT2D eigenvalue weighted by atomic mass is 32.2. The van der Waals surface area contributed by atoms with E-state index in [-0.39, 0.29) is 5.41 Å². The highest BCUT2D eigenvalue weighted by molar-refractivity contribution is 7.99. The maximum atomic E-state index is 2.34. The van der Waals surface area contributed by atoms with Crippen molar-refractivity contribution in [2.24, 2.45) is 5.92 Å². The van der Waals surface area contributed by atoms with Crippen LogP contribution in [0.5, 0.6) is 0 Å². The van der Waals surface area contributed by atoms with Gasteiger partial charge in [0.1, 0.15) is 0 Å². The minimum atomic E-state index is 0.259. The van der Waals surface area contributed by atoms with Crippen molar-refractivity contribution in [3.63, 3.8) is 0 Å². The molecule has 0 aliphatic heterocycles. The molecule has 0 aliphatic rings. The van der Waals surface area contributed by atoms with E-state index >= 15 is 0 Å². The standard InChI is InChI=1S/C15H24S/c1-12(2)9-10-16-14-8-6-7-13(11-14)15(3,4)5/h6-8,11-12H,9-10H2,1-5H3. The van der Waals surface area contributed by atoms with E-state index in [0.29, 0.717) is 0 Å². The van der Waals surface area contributed by atoms with E-state index < -0.39 is 0 Å². The second kappa shape index (κ2) is 5.77. The highest BCUT2D eigenvalue weighted by Crippen LogP contribution is 2.27. The van der Waals surface area contributed by atoms with Gasteiger partial charge < -0.3 is 0 Å². The molecule has 0 saturated carbocycles. The first-order valence-electron chi connectivity index (χ1n) is 6.13. The van der Waals surface area contributed by atoms with Gasteiger partial charge in [-0.1, -0.05) is 46.8 Å². The largest absolute Gasteiger partial charge is 0.126 e. The minimum Gasteiger partial charge on any atom is -0.126 e. The number of hydrogen-bond donors (Lipinski definition) is 0. The molecular weight excluding hydrogens is 212 g/mol. The predicted molar refractivity (Wildman–Crippen MR) is 75.3 cm³/mol. The van der Waals surface area contributed by atoms with Crippen molar-refractivity contribution in [1.82, 2.24) is 0 Å². The molecule has 1 aromatic rings. The van der Waals surface area contributed by atoms with Crippen LogP contribution in [0.25, 0.3) is 0 Å². The van der Waals surface area contributed by atoms with Gasteiger partial charge in [-0.3, -0.25) is 0 Å². The van der Waals surface area contributed by atoms with Crippen molar-refractivity contribution in [1.29, 1.82) is 0 Å². The van der Waals surface area contributed by atoms with Crippen molar-refractivity contribution in [3.8, 4) is 0 Å².